The highest BCUT2D eigenvalue weighted by Crippen LogP contribution is 2.48. The van der Waals surface area contributed by atoms with Gasteiger partial charge in [-0.2, -0.15) is 0 Å². The average Bonchev–Trinajstić information content (AvgIpc) is 2.64. The predicted molar refractivity (Wildman–Crippen MR) is 78.2 cm³/mol. The van der Waals surface area contributed by atoms with Gasteiger partial charge in [-0.1, -0.05) is 20.8 Å². The summed E-state index contributed by atoms with van der Waals surface area (Å²) in [6.07, 6.45) is 3.21. The maximum absolute atomic E-state index is 12.0. The second kappa shape index (κ2) is 4.07. The number of hydrogen-bond acceptors (Lipinski definition) is 3. The zero-order valence-corrected chi connectivity index (χ0v) is 12.2. The van der Waals surface area contributed by atoms with Crippen molar-refractivity contribution in [1.82, 2.24) is 9.97 Å². The second-order valence-electron chi connectivity index (χ2n) is 6.37. The van der Waals surface area contributed by atoms with Gasteiger partial charge in [0.2, 0.25) is 0 Å². The summed E-state index contributed by atoms with van der Waals surface area (Å²) in [6.45, 7) is 6.72. The van der Waals surface area contributed by atoms with Gasteiger partial charge in [-0.3, -0.25) is 14.8 Å². The monoisotopic (exact) mass is 278 g/mol. The molecule has 19 heavy (non-hydrogen) atoms. The number of nitrogens with one attached hydrogen (secondary N) is 2. The first-order valence-electron chi connectivity index (χ1n) is 6.66. The number of aromatic nitrogens is 2. The molecule has 0 saturated heterocycles. The van der Waals surface area contributed by atoms with E-state index in [9.17, 15) is 9.59 Å². The zero-order valence-electron chi connectivity index (χ0n) is 11.4. The number of aryl methyl sites for hydroxylation is 1. The molecule has 0 saturated carbocycles. The van der Waals surface area contributed by atoms with E-state index in [2.05, 4.69) is 30.7 Å². The van der Waals surface area contributed by atoms with Crippen LogP contribution >= 0.6 is 11.3 Å². The van der Waals surface area contributed by atoms with Crippen molar-refractivity contribution in [3.63, 3.8) is 0 Å². The molecule has 1 aliphatic carbocycles. The van der Waals surface area contributed by atoms with Crippen molar-refractivity contribution in [2.75, 3.05) is 0 Å². The number of H-pyrrole nitrogens is 2. The number of rotatable bonds is 0. The summed E-state index contributed by atoms with van der Waals surface area (Å²) in [4.78, 5) is 30.5. The van der Waals surface area contributed by atoms with Crippen LogP contribution in [0.5, 0.6) is 0 Å². The smallest absolute Gasteiger partial charge is 0.298 e. The fourth-order valence-corrected chi connectivity index (χ4v) is 4.70. The van der Waals surface area contributed by atoms with Crippen molar-refractivity contribution in [1.29, 1.82) is 0 Å². The van der Waals surface area contributed by atoms with Gasteiger partial charge in [0.15, 0.2) is 0 Å². The van der Waals surface area contributed by atoms with Crippen molar-refractivity contribution in [3.05, 3.63) is 31.3 Å². The van der Waals surface area contributed by atoms with Crippen molar-refractivity contribution in [3.8, 4) is 0 Å². The molecule has 0 amide bonds. The van der Waals surface area contributed by atoms with Gasteiger partial charge in [0.05, 0.1) is 5.39 Å². The number of aromatic amines is 2. The van der Waals surface area contributed by atoms with Gasteiger partial charge in [-0.25, -0.2) is 4.79 Å². The minimum atomic E-state index is -0.414. The lowest BCUT2D eigenvalue weighted by molar-refractivity contribution is 0.294. The van der Waals surface area contributed by atoms with Crippen LogP contribution in [0.2, 0.25) is 0 Å². The standard InChI is InChI=1S/C14H18N2O2S/c1-14(2,3)8-6-4-5-7-9-11(17)15-13(18)16-12(9)19-10(7)8/h8H,4-6H2,1-3H3,(H2,15,16,17,18). The van der Waals surface area contributed by atoms with Crippen LogP contribution in [0.15, 0.2) is 9.59 Å². The molecule has 3 rings (SSSR count). The quantitative estimate of drug-likeness (QED) is 0.778. The largest absolute Gasteiger partial charge is 0.326 e. The molecule has 1 unspecified atom stereocenters. The van der Waals surface area contributed by atoms with Gasteiger partial charge < -0.3 is 0 Å². The number of fused-ring (bicyclic) bond motifs is 3. The molecule has 1 aliphatic rings. The second-order valence-corrected chi connectivity index (χ2v) is 7.42. The number of thiophene rings is 1. The van der Waals surface area contributed by atoms with Crippen molar-refractivity contribution >= 4 is 21.6 Å². The molecule has 0 bridgehead atoms. The van der Waals surface area contributed by atoms with E-state index in [1.807, 2.05) is 0 Å². The summed E-state index contributed by atoms with van der Waals surface area (Å²) in [5.41, 5.74) is 0.682. The van der Waals surface area contributed by atoms with Gasteiger partial charge in [-0.15, -0.1) is 11.3 Å². The van der Waals surface area contributed by atoms with Crippen LogP contribution in [-0.4, -0.2) is 9.97 Å². The molecule has 0 aromatic carbocycles. The number of hydrogen-bond donors (Lipinski definition) is 2. The fourth-order valence-electron chi connectivity index (χ4n) is 3.08. The van der Waals surface area contributed by atoms with E-state index in [4.69, 9.17) is 0 Å². The Bertz CT molecular complexity index is 745. The molecule has 2 N–H and O–H groups in total. The first-order chi connectivity index (χ1) is 8.88. The van der Waals surface area contributed by atoms with E-state index in [0.29, 0.717) is 11.3 Å². The Morgan fingerprint density at radius 3 is 2.63 bits per heavy atom. The van der Waals surface area contributed by atoms with Crippen LogP contribution in [0.4, 0.5) is 0 Å². The van der Waals surface area contributed by atoms with E-state index in [0.717, 1.165) is 29.7 Å². The van der Waals surface area contributed by atoms with Crippen LogP contribution in [0.25, 0.3) is 10.2 Å². The molecule has 0 fully saturated rings. The first kappa shape index (κ1) is 12.7. The summed E-state index contributed by atoms with van der Waals surface area (Å²) in [6, 6.07) is 0. The maximum atomic E-state index is 12.0. The Morgan fingerprint density at radius 2 is 1.95 bits per heavy atom. The molecule has 5 heteroatoms. The molecule has 2 aromatic rings. The van der Waals surface area contributed by atoms with Crippen LogP contribution in [0.3, 0.4) is 0 Å². The Kier molecular flexibility index (Phi) is 2.71. The third-order valence-corrected chi connectivity index (χ3v) is 5.26. The molecule has 4 nitrogen and oxygen atoms in total. The highest BCUT2D eigenvalue weighted by molar-refractivity contribution is 7.18. The summed E-state index contributed by atoms with van der Waals surface area (Å²) in [7, 11) is 0. The summed E-state index contributed by atoms with van der Waals surface area (Å²) in [5.74, 6) is 0.469. The van der Waals surface area contributed by atoms with Crippen LogP contribution in [-0.2, 0) is 6.42 Å². The van der Waals surface area contributed by atoms with E-state index in [1.165, 1.54) is 4.88 Å². The molecule has 0 aliphatic heterocycles. The first-order valence-corrected chi connectivity index (χ1v) is 7.47. The lowest BCUT2D eigenvalue weighted by atomic mass is 9.73. The van der Waals surface area contributed by atoms with Crippen molar-refractivity contribution in [2.45, 2.75) is 46.0 Å². The van der Waals surface area contributed by atoms with Crippen LogP contribution in [0.1, 0.15) is 50.0 Å². The third-order valence-electron chi connectivity index (χ3n) is 4.00. The van der Waals surface area contributed by atoms with Gasteiger partial charge in [0, 0.05) is 4.88 Å². The molecular weight excluding hydrogens is 260 g/mol. The maximum Gasteiger partial charge on any atom is 0.326 e. The van der Waals surface area contributed by atoms with Gasteiger partial charge in [0.1, 0.15) is 4.83 Å². The lowest BCUT2D eigenvalue weighted by Crippen LogP contribution is -2.23. The van der Waals surface area contributed by atoms with E-state index < -0.39 is 5.69 Å². The summed E-state index contributed by atoms with van der Waals surface area (Å²) in [5, 5.41) is 0.702. The molecule has 2 aromatic heterocycles. The predicted octanol–water partition coefficient (Wildman–Crippen LogP) is 2.74. The topological polar surface area (TPSA) is 65.7 Å². The van der Waals surface area contributed by atoms with E-state index >= 15 is 0 Å². The Morgan fingerprint density at radius 1 is 1.21 bits per heavy atom. The van der Waals surface area contributed by atoms with E-state index in [-0.39, 0.29) is 11.0 Å². The normalized spacial score (nSPS) is 19.6. The summed E-state index contributed by atoms with van der Waals surface area (Å²) >= 11 is 1.59. The minimum absolute atomic E-state index is 0.184. The van der Waals surface area contributed by atoms with E-state index in [1.54, 1.807) is 11.3 Å². The molecular formula is C14H18N2O2S. The molecule has 2 heterocycles. The highest BCUT2D eigenvalue weighted by atomic mass is 32.1. The van der Waals surface area contributed by atoms with Crippen LogP contribution in [0, 0.1) is 5.41 Å². The molecule has 1 atom stereocenters. The molecule has 102 valence electrons. The van der Waals surface area contributed by atoms with Crippen LogP contribution < -0.4 is 11.2 Å². The van der Waals surface area contributed by atoms with Crippen molar-refractivity contribution in [2.24, 2.45) is 5.41 Å². The zero-order chi connectivity index (χ0) is 13.8. The Balaban J connectivity index is 2.33. The lowest BCUT2D eigenvalue weighted by Gasteiger charge is -2.33. The SMILES string of the molecule is CC(C)(C)C1CCCc2c1sc1[nH]c(=O)[nH]c(=O)c21. The minimum Gasteiger partial charge on any atom is -0.298 e. The third kappa shape index (κ3) is 1.96. The van der Waals surface area contributed by atoms with Gasteiger partial charge in [-0.05, 0) is 36.2 Å². The molecule has 0 radical (unpaired) electrons. The Labute approximate surface area is 114 Å². The summed E-state index contributed by atoms with van der Waals surface area (Å²) < 4.78 is 0. The van der Waals surface area contributed by atoms with Gasteiger partial charge in [0.25, 0.3) is 5.56 Å². The van der Waals surface area contributed by atoms with Gasteiger partial charge >= 0.3 is 5.69 Å². The fraction of sp³-hybridized carbons (Fsp3) is 0.571. The highest BCUT2D eigenvalue weighted by Gasteiger charge is 2.33. The molecule has 0 spiro atoms. The Hall–Kier alpha value is -1.36. The van der Waals surface area contributed by atoms with Crippen molar-refractivity contribution < 1.29 is 0 Å². The average molecular weight is 278 g/mol.